The predicted octanol–water partition coefficient (Wildman–Crippen LogP) is 3.57. The zero-order chi connectivity index (χ0) is 14.1. The minimum atomic E-state index is 0.693. The van der Waals surface area contributed by atoms with E-state index < -0.39 is 0 Å². The lowest BCUT2D eigenvalue weighted by molar-refractivity contribution is 0.361. The van der Waals surface area contributed by atoms with E-state index >= 15 is 0 Å². The van der Waals surface area contributed by atoms with Gasteiger partial charge in [-0.05, 0) is 66.4 Å². The highest BCUT2D eigenvalue weighted by Gasteiger charge is 2.40. The van der Waals surface area contributed by atoms with E-state index in [1.54, 1.807) is 7.11 Å². The van der Waals surface area contributed by atoms with Gasteiger partial charge >= 0.3 is 0 Å². The van der Waals surface area contributed by atoms with Crippen LogP contribution in [0.2, 0.25) is 0 Å². The van der Waals surface area contributed by atoms with Crippen molar-refractivity contribution >= 4 is 21.6 Å². The zero-order valence-electron chi connectivity index (χ0n) is 12.2. The van der Waals surface area contributed by atoms with Crippen LogP contribution in [0.5, 0.6) is 5.75 Å². The summed E-state index contributed by atoms with van der Waals surface area (Å²) >= 11 is 3.61. The van der Waals surface area contributed by atoms with Crippen molar-refractivity contribution in [2.24, 2.45) is 0 Å². The van der Waals surface area contributed by atoms with Gasteiger partial charge in [0, 0.05) is 23.8 Å². The maximum absolute atomic E-state index is 5.33. The van der Waals surface area contributed by atoms with Crippen molar-refractivity contribution in [3.8, 4) is 5.75 Å². The smallest absolute Gasteiger partial charge is 0.133 e. The molecule has 0 radical (unpaired) electrons. The van der Waals surface area contributed by atoms with Crippen molar-refractivity contribution in [3.05, 3.63) is 22.7 Å². The predicted molar refractivity (Wildman–Crippen MR) is 86.7 cm³/mol. The van der Waals surface area contributed by atoms with Gasteiger partial charge in [-0.1, -0.05) is 6.92 Å². The molecule has 0 aliphatic carbocycles. The molecule has 2 aliphatic heterocycles. The van der Waals surface area contributed by atoms with E-state index in [2.05, 4.69) is 51.3 Å². The quantitative estimate of drug-likeness (QED) is 0.908. The summed E-state index contributed by atoms with van der Waals surface area (Å²) in [7, 11) is 1.71. The first-order valence-electron chi connectivity index (χ1n) is 7.58. The van der Waals surface area contributed by atoms with Gasteiger partial charge in [0.2, 0.25) is 0 Å². The Kier molecular flexibility index (Phi) is 4.22. The SMILES string of the molecule is CCNC1CC2CCC(C1)N2c1ccc(OC)c(Br)c1. The maximum atomic E-state index is 5.33. The molecule has 1 N–H and O–H groups in total. The van der Waals surface area contributed by atoms with Crippen LogP contribution in [0.4, 0.5) is 5.69 Å². The lowest BCUT2D eigenvalue weighted by Crippen LogP contribution is -2.49. The van der Waals surface area contributed by atoms with Crippen LogP contribution in [-0.2, 0) is 0 Å². The number of methoxy groups -OCH3 is 1. The summed E-state index contributed by atoms with van der Waals surface area (Å²) in [5, 5.41) is 3.63. The molecule has 2 atom stereocenters. The lowest BCUT2D eigenvalue weighted by Gasteiger charge is -2.41. The molecule has 0 spiro atoms. The molecule has 0 saturated carbocycles. The third kappa shape index (κ3) is 2.56. The molecule has 3 rings (SSSR count). The van der Waals surface area contributed by atoms with Crippen LogP contribution < -0.4 is 15.0 Å². The number of benzene rings is 1. The summed E-state index contributed by atoms with van der Waals surface area (Å²) in [4.78, 5) is 2.64. The van der Waals surface area contributed by atoms with Gasteiger partial charge in [0.05, 0.1) is 11.6 Å². The topological polar surface area (TPSA) is 24.5 Å². The van der Waals surface area contributed by atoms with Crippen molar-refractivity contribution in [1.29, 1.82) is 0 Å². The first-order valence-corrected chi connectivity index (χ1v) is 8.37. The van der Waals surface area contributed by atoms with Gasteiger partial charge in [-0.2, -0.15) is 0 Å². The Balaban J connectivity index is 1.80. The number of rotatable bonds is 4. The van der Waals surface area contributed by atoms with Gasteiger partial charge in [-0.3, -0.25) is 0 Å². The molecule has 2 unspecified atom stereocenters. The minimum Gasteiger partial charge on any atom is -0.496 e. The van der Waals surface area contributed by atoms with Crippen molar-refractivity contribution in [3.63, 3.8) is 0 Å². The molecule has 2 fully saturated rings. The number of anilines is 1. The van der Waals surface area contributed by atoms with Gasteiger partial charge in [0.15, 0.2) is 0 Å². The van der Waals surface area contributed by atoms with Crippen molar-refractivity contribution in [2.45, 2.75) is 50.7 Å². The van der Waals surface area contributed by atoms with E-state index in [4.69, 9.17) is 4.74 Å². The number of nitrogens with zero attached hydrogens (tertiary/aromatic N) is 1. The van der Waals surface area contributed by atoms with Crippen molar-refractivity contribution in [2.75, 3.05) is 18.6 Å². The van der Waals surface area contributed by atoms with Crippen LogP contribution in [0.15, 0.2) is 22.7 Å². The maximum Gasteiger partial charge on any atom is 0.133 e. The van der Waals surface area contributed by atoms with E-state index in [0.29, 0.717) is 18.1 Å². The summed E-state index contributed by atoms with van der Waals surface area (Å²) in [5.74, 6) is 0.906. The minimum absolute atomic E-state index is 0.693. The highest BCUT2D eigenvalue weighted by atomic mass is 79.9. The summed E-state index contributed by atoms with van der Waals surface area (Å²) in [6, 6.07) is 8.56. The molecule has 2 bridgehead atoms. The number of halogens is 1. The Bertz CT molecular complexity index is 466. The Morgan fingerprint density at radius 1 is 1.30 bits per heavy atom. The molecular formula is C16H23BrN2O. The molecule has 0 aromatic heterocycles. The van der Waals surface area contributed by atoms with E-state index in [-0.39, 0.29) is 0 Å². The highest BCUT2D eigenvalue weighted by Crippen LogP contribution is 2.41. The Morgan fingerprint density at radius 3 is 2.55 bits per heavy atom. The van der Waals surface area contributed by atoms with Gasteiger partial charge in [-0.25, -0.2) is 0 Å². The van der Waals surface area contributed by atoms with Gasteiger partial charge in [-0.15, -0.1) is 0 Å². The average molecular weight is 339 g/mol. The second-order valence-corrected chi connectivity index (χ2v) is 6.69. The summed E-state index contributed by atoms with van der Waals surface area (Å²) in [6.07, 6.45) is 5.20. The van der Waals surface area contributed by atoms with E-state index in [0.717, 1.165) is 16.8 Å². The molecule has 1 aromatic rings. The van der Waals surface area contributed by atoms with Gasteiger partial charge in [0.1, 0.15) is 5.75 Å². The average Bonchev–Trinajstić information content (AvgIpc) is 2.70. The second kappa shape index (κ2) is 5.94. The largest absolute Gasteiger partial charge is 0.496 e. The van der Waals surface area contributed by atoms with Crippen molar-refractivity contribution in [1.82, 2.24) is 5.32 Å². The summed E-state index contributed by atoms with van der Waals surface area (Å²) in [6.45, 7) is 3.28. The van der Waals surface area contributed by atoms with Crippen LogP contribution in [0.1, 0.15) is 32.6 Å². The molecule has 2 heterocycles. The molecule has 2 aliphatic rings. The molecule has 20 heavy (non-hydrogen) atoms. The monoisotopic (exact) mass is 338 g/mol. The number of ether oxygens (including phenoxy) is 1. The molecule has 2 saturated heterocycles. The van der Waals surface area contributed by atoms with Crippen LogP contribution >= 0.6 is 15.9 Å². The third-order valence-electron chi connectivity index (χ3n) is 4.66. The molecular weight excluding hydrogens is 316 g/mol. The highest BCUT2D eigenvalue weighted by molar-refractivity contribution is 9.10. The molecule has 0 amide bonds. The second-order valence-electron chi connectivity index (χ2n) is 5.84. The normalized spacial score (nSPS) is 28.8. The number of fused-ring (bicyclic) bond motifs is 2. The van der Waals surface area contributed by atoms with Crippen LogP contribution in [0.25, 0.3) is 0 Å². The first-order chi connectivity index (χ1) is 9.72. The van der Waals surface area contributed by atoms with Crippen molar-refractivity contribution < 1.29 is 4.74 Å². The van der Waals surface area contributed by atoms with E-state index in [9.17, 15) is 0 Å². The Hall–Kier alpha value is -0.740. The fourth-order valence-electron chi connectivity index (χ4n) is 3.87. The molecule has 3 nitrogen and oxygen atoms in total. The van der Waals surface area contributed by atoms with E-state index in [1.807, 2.05) is 0 Å². The number of hydrogen-bond donors (Lipinski definition) is 1. The third-order valence-corrected chi connectivity index (χ3v) is 5.28. The fraction of sp³-hybridized carbons (Fsp3) is 0.625. The number of piperidine rings is 1. The standard InChI is InChI=1S/C16H23BrN2O/c1-3-18-11-8-12-4-5-13(9-11)19(12)14-6-7-16(20-2)15(17)10-14/h6-7,10-13,18H,3-5,8-9H2,1-2H3. The Labute approximate surface area is 129 Å². The molecule has 110 valence electrons. The van der Waals surface area contributed by atoms with Crippen LogP contribution in [-0.4, -0.2) is 31.8 Å². The molecule has 4 heteroatoms. The molecule has 1 aromatic carbocycles. The van der Waals surface area contributed by atoms with Crippen LogP contribution in [0.3, 0.4) is 0 Å². The summed E-state index contributed by atoms with van der Waals surface area (Å²) in [5.41, 5.74) is 1.33. The van der Waals surface area contributed by atoms with Gasteiger partial charge in [0.25, 0.3) is 0 Å². The lowest BCUT2D eigenvalue weighted by atomic mass is 9.96. The van der Waals surface area contributed by atoms with Gasteiger partial charge < -0.3 is 15.0 Å². The van der Waals surface area contributed by atoms with Crippen LogP contribution in [0, 0.1) is 0 Å². The fourth-order valence-corrected chi connectivity index (χ4v) is 4.40. The summed E-state index contributed by atoms with van der Waals surface area (Å²) < 4.78 is 6.38. The number of nitrogens with one attached hydrogen (secondary N) is 1. The Morgan fingerprint density at radius 2 is 2.00 bits per heavy atom. The van der Waals surface area contributed by atoms with E-state index in [1.165, 1.54) is 31.4 Å². The first kappa shape index (κ1) is 14.2. The zero-order valence-corrected chi connectivity index (χ0v) is 13.8. The number of hydrogen-bond acceptors (Lipinski definition) is 3.